The number of carbonyl (C=O) groups is 1. The Morgan fingerprint density at radius 3 is 2.71 bits per heavy atom. The molecular weight excluding hydrogens is 272 g/mol. The van der Waals surface area contributed by atoms with Gasteiger partial charge in [0.05, 0.1) is 18.9 Å². The van der Waals surface area contributed by atoms with Crippen LogP contribution >= 0.6 is 0 Å². The molecule has 0 aliphatic carbocycles. The first-order valence-corrected chi connectivity index (χ1v) is 7.20. The molecule has 2 heterocycles. The highest BCUT2D eigenvalue weighted by atomic mass is 16.5. The highest BCUT2D eigenvalue weighted by Crippen LogP contribution is 2.18. The first-order chi connectivity index (χ1) is 10.1. The molecule has 0 saturated carbocycles. The number of aromatic nitrogens is 2. The standard InChI is InChI=1S/C14H22N4O3/c1-10-11(2)16-17-13(12(10)14(19)20)15-4-3-5-18-6-8-21-9-7-18/h3-9H2,1-2H3,(H,15,17)(H,19,20). The molecule has 1 aromatic heterocycles. The lowest BCUT2D eigenvalue weighted by atomic mass is 10.1. The van der Waals surface area contributed by atoms with E-state index in [0.717, 1.165) is 39.3 Å². The molecule has 0 bridgehead atoms. The van der Waals surface area contributed by atoms with E-state index in [0.29, 0.717) is 23.6 Å². The van der Waals surface area contributed by atoms with Crippen molar-refractivity contribution in [1.82, 2.24) is 15.1 Å². The largest absolute Gasteiger partial charge is 0.478 e. The number of carboxylic acid groups (broad SMARTS) is 1. The molecule has 1 aliphatic rings. The average Bonchev–Trinajstić information content (AvgIpc) is 2.48. The first-order valence-electron chi connectivity index (χ1n) is 7.20. The summed E-state index contributed by atoms with van der Waals surface area (Å²) in [5.74, 6) is -0.617. The molecule has 0 amide bonds. The molecule has 0 spiro atoms. The maximum Gasteiger partial charge on any atom is 0.339 e. The fraction of sp³-hybridized carbons (Fsp3) is 0.643. The number of rotatable bonds is 6. The number of nitrogens with one attached hydrogen (secondary N) is 1. The molecule has 2 N–H and O–H groups in total. The molecule has 21 heavy (non-hydrogen) atoms. The van der Waals surface area contributed by atoms with Crippen LogP contribution in [0, 0.1) is 13.8 Å². The summed E-state index contributed by atoms with van der Waals surface area (Å²) in [6.45, 7) is 8.67. The second-order valence-electron chi connectivity index (χ2n) is 5.17. The summed E-state index contributed by atoms with van der Waals surface area (Å²) in [5.41, 5.74) is 1.52. The van der Waals surface area contributed by atoms with Crippen molar-refractivity contribution in [2.45, 2.75) is 20.3 Å². The third kappa shape index (κ3) is 4.12. The first kappa shape index (κ1) is 15.7. The summed E-state index contributed by atoms with van der Waals surface area (Å²) in [4.78, 5) is 13.7. The van der Waals surface area contributed by atoms with Gasteiger partial charge >= 0.3 is 5.97 Å². The number of anilines is 1. The van der Waals surface area contributed by atoms with Crippen LogP contribution in [0.5, 0.6) is 0 Å². The van der Waals surface area contributed by atoms with Crippen LogP contribution in [0.15, 0.2) is 0 Å². The van der Waals surface area contributed by atoms with Crippen molar-refractivity contribution in [3.63, 3.8) is 0 Å². The van der Waals surface area contributed by atoms with Crippen molar-refractivity contribution in [1.29, 1.82) is 0 Å². The third-order valence-electron chi connectivity index (χ3n) is 3.72. The van der Waals surface area contributed by atoms with Gasteiger partial charge in [-0.25, -0.2) is 4.79 Å². The summed E-state index contributed by atoms with van der Waals surface area (Å²) >= 11 is 0. The number of aromatic carboxylic acids is 1. The van der Waals surface area contributed by atoms with Crippen molar-refractivity contribution in [3.8, 4) is 0 Å². The molecule has 0 radical (unpaired) electrons. The topological polar surface area (TPSA) is 87.6 Å². The summed E-state index contributed by atoms with van der Waals surface area (Å²) in [6.07, 6.45) is 0.924. The Morgan fingerprint density at radius 1 is 1.33 bits per heavy atom. The zero-order valence-electron chi connectivity index (χ0n) is 12.6. The van der Waals surface area contributed by atoms with Gasteiger partial charge in [-0.1, -0.05) is 0 Å². The zero-order chi connectivity index (χ0) is 15.2. The van der Waals surface area contributed by atoms with Gasteiger partial charge in [-0.05, 0) is 32.4 Å². The Kier molecular flexibility index (Phi) is 5.46. The van der Waals surface area contributed by atoms with Crippen molar-refractivity contribution < 1.29 is 14.6 Å². The van der Waals surface area contributed by atoms with Crippen LogP contribution in [0.1, 0.15) is 28.0 Å². The predicted octanol–water partition coefficient (Wildman–Crippen LogP) is 0.926. The van der Waals surface area contributed by atoms with Gasteiger partial charge in [-0.2, -0.15) is 5.10 Å². The normalized spacial score (nSPS) is 15.9. The minimum absolute atomic E-state index is 0.217. The number of aryl methyl sites for hydroxylation is 1. The van der Waals surface area contributed by atoms with Gasteiger partial charge in [-0.3, -0.25) is 4.90 Å². The highest BCUT2D eigenvalue weighted by molar-refractivity contribution is 5.94. The van der Waals surface area contributed by atoms with E-state index >= 15 is 0 Å². The average molecular weight is 294 g/mol. The maximum atomic E-state index is 11.3. The summed E-state index contributed by atoms with van der Waals surface area (Å²) in [5, 5.41) is 20.3. The summed E-state index contributed by atoms with van der Waals surface area (Å²) in [6, 6.07) is 0. The van der Waals surface area contributed by atoms with Crippen LogP contribution in [0.4, 0.5) is 5.82 Å². The molecule has 1 aliphatic heterocycles. The van der Waals surface area contributed by atoms with Crippen LogP contribution in [0.25, 0.3) is 0 Å². The SMILES string of the molecule is Cc1nnc(NCCCN2CCOCC2)c(C(=O)O)c1C. The molecular formula is C14H22N4O3. The van der Waals surface area contributed by atoms with E-state index in [1.54, 1.807) is 13.8 Å². The molecule has 1 aromatic rings. The molecule has 0 aromatic carbocycles. The lowest BCUT2D eigenvalue weighted by Crippen LogP contribution is -2.37. The number of ether oxygens (including phenoxy) is 1. The Balaban J connectivity index is 1.88. The monoisotopic (exact) mass is 294 g/mol. The Morgan fingerprint density at radius 2 is 2.05 bits per heavy atom. The quantitative estimate of drug-likeness (QED) is 0.754. The predicted molar refractivity (Wildman–Crippen MR) is 78.8 cm³/mol. The van der Waals surface area contributed by atoms with E-state index in [1.165, 1.54) is 0 Å². The lowest BCUT2D eigenvalue weighted by Gasteiger charge is -2.26. The van der Waals surface area contributed by atoms with Gasteiger partial charge in [0.25, 0.3) is 0 Å². The minimum Gasteiger partial charge on any atom is -0.478 e. The Labute approximate surface area is 124 Å². The number of nitrogens with zero attached hydrogens (tertiary/aromatic N) is 3. The van der Waals surface area contributed by atoms with Gasteiger partial charge in [0.2, 0.25) is 0 Å². The Hall–Kier alpha value is -1.73. The van der Waals surface area contributed by atoms with Crippen LogP contribution in [-0.2, 0) is 4.74 Å². The molecule has 0 unspecified atom stereocenters. The van der Waals surface area contributed by atoms with Crippen LogP contribution in [0.2, 0.25) is 0 Å². The van der Waals surface area contributed by atoms with E-state index < -0.39 is 5.97 Å². The highest BCUT2D eigenvalue weighted by Gasteiger charge is 2.17. The summed E-state index contributed by atoms with van der Waals surface area (Å²) < 4.78 is 5.30. The molecule has 0 atom stereocenters. The molecule has 116 valence electrons. The second kappa shape index (κ2) is 7.33. The number of hydrogen-bond acceptors (Lipinski definition) is 6. The number of morpholine rings is 1. The van der Waals surface area contributed by atoms with E-state index in [-0.39, 0.29) is 5.56 Å². The van der Waals surface area contributed by atoms with Gasteiger partial charge in [0, 0.05) is 19.6 Å². The van der Waals surface area contributed by atoms with E-state index in [9.17, 15) is 9.90 Å². The van der Waals surface area contributed by atoms with E-state index in [4.69, 9.17) is 4.74 Å². The van der Waals surface area contributed by atoms with Crippen LogP contribution < -0.4 is 5.32 Å². The fourth-order valence-electron chi connectivity index (χ4n) is 2.33. The lowest BCUT2D eigenvalue weighted by molar-refractivity contribution is 0.0378. The van der Waals surface area contributed by atoms with Crippen molar-refractivity contribution >= 4 is 11.8 Å². The van der Waals surface area contributed by atoms with Gasteiger partial charge in [-0.15, -0.1) is 5.10 Å². The number of hydrogen-bond donors (Lipinski definition) is 2. The fourth-order valence-corrected chi connectivity index (χ4v) is 2.33. The molecule has 7 nitrogen and oxygen atoms in total. The van der Waals surface area contributed by atoms with E-state index in [2.05, 4.69) is 20.4 Å². The zero-order valence-corrected chi connectivity index (χ0v) is 12.6. The number of carboxylic acids is 1. The minimum atomic E-state index is -0.971. The smallest absolute Gasteiger partial charge is 0.339 e. The molecule has 1 fully saturated rings. The van der Waals surface area contributed by atoms with Gasteiger partial charge in [0.15, 0.2) is 5.82 Å². The second-order valence-corrected chi connectivity index (χ2v) is 5.17. The Bertz CT molecular complexity index is 501. The van der Waals surface area contributed by atoms with Crippen molar-refractivity contribution in [3.05, 3.63) is 16.8 Å². The van der Waals surface area contributed by atoms with Crippen LogP contribution in [-0.4, -0.2) is 65.6 Å². The molecule has 2 rings (SSSR count). The van der Waals surface area contributed by atoms with Crippen molar-refractivity contribution in [2.75, 3.05) is 44.7 Å². The van der Waals surface area contributed by atoms with Crippen molar-refractivity contribution in [2.24, 2.45) is 0 Å². The third-order valence-corrected chi connectivity index (χ3v) is 3.72. The van der Waals surface area contributed by atoms with Gasteiger partial charge in [0.1, 0.15) is 5.56 Å². The maximum absolute atomic E-state index is 11.3. The molecule has 1 saturated heterocycles. The van der Waals surface area contributed by atoms with Gasteiger partial charge < -0.3 is 15.2 Å². The van der Waals surface area contributed by atoms with Crippen LogP contribution in [0.3, 0.4) is 0 Å². The van der Waals surface area contributed by atoms with E-state index in [1.807, 2.05) is 0 Å². The summed E-state index contributed by atoms with van der Waals surface area (Å²) in [7, 11) is 0. The molecule has 7 heteroatoms.